The van der Waals surface area contributed by atoms with Crippen LogP contribution in [0.5, 0.6) is 0 Å². The molecule has 0 saturated heterocycles. The van der Waals surface area contributed by atoms with Gasteiger partial charge in [0.05, 0.1) is 4.90 Å². The van der Waals surface area contributed by atoms with Crippen molar-refractivity contribution in [2.24, 2.45) is 0 Å². The minimum absolute atomic E-state index is 0.00195. The van der Waals surface area contributed by atoms with Crippen LogP contribution in [0.4, 0.5) is 11.4 Å². The zero-order valence-corrected chi connectivity index (χ0v) is 19.5. The summed E-state index contributed by atoms with van der Waals surface area (Å²) in [6.45, 7) is 3.74. The van der Waals surface area contributed by atoms with E-state index in [1.165, 1.54) is 57.2 Å². The summed E-state index contributed by atoms with van der Waals surface area (Å²) in [5.41, 5.74) is 0.682. The van der Waals surface area contributed by atoms with Crippen molar-refractivity contribution in [2.75, 3.05) is 10.0 Å². The van der Waals surface area contributed by atoms with Crippen molar-refractivity contribution >= 4 is 44.7 Å². The molecule has 3 aromatic rings. The van der Waals surface area contributed by atoms with Crippen LogP contribution < -0.4 is 10.0 Å². The lowest BCUT2D eigenvalue weighted by atomic mass is 9.91. The number of para-hydroxylation sites is 1. The van der Waals surface area contributed by atoms with Gasteiger partial charge in [0, 0.05) is 33.6 Å². The first-order chi connectivity index (χ1) is 16.0. The Morgan fingerprint density at radius 2 is 1.21 bits per heavy atom. The number of amides is 1. The monoisotopic (exact) mass is 478 g/mol. The molecule has 0 bridgehead atoms. The summed E-state index contributed by atoms with van der Waals surface area (Å²) in [7, 11) is -3.82. The van der Waals surface area contributed by atoms with Crippen LogP contribution in [0.2, 0.25) is 0 Å². The third kappa shape index (κ3) is 5.44. The first-order valence-corrected chi connectivity index (χ1v) is 11.7. The molecule has 2 N–H and O–H groups in total. The van der Waals surface area contributed by atoms with Gasteiger partial charge in [-0.2, -0.15) is 0 Å². The van der Waals surface area contributed by atoms with Crippen molar-refractivity contribution < 1.29 is 27.6 Å². The number of ketones is 3. The smallest absolute Gasteiger partial charge is 0.261 e. The Kier molecular flexibility index (Phi) is 7.07. The number of hydrogen-bond donors (Lipinski definition) is 2. The van der Waals surface area contributed by atoms with Crippen molar-refractivity contribution in [3.63, 3.8) is 0 Å². The van der Waals surface area contributed by atoms with E-state index in [0.717, 1.165) is 0 Å². The average Bonchev–Trinajstić information content (AvgIpc) is 2.78. The van der Waals surface area contributed by atoms with Crippen molar-refractivity contribution in [2.45, 2.75) is 25.7 Å². The fourth-order valence-electron chi connectivity index (χ4n) is 3.35. The first-order valence-electron chi connectivity index (χ1n) is 10.2. The maximum atomic E-state index is 12.8. The molecular formula is C25H22N2O6S. The number of carbonyl (C=O) groups excluding carboxylic acids is 4. The van der Waals surface area contributed by atoms with Crippen LogP contribution in [0.25, 0.3) is 0 Å². The van der Waals surface area contributed by atoms with E-state index in [1.54, 1.807) is 30.3 Å². The lowest BCUT2D eigenvalue weighted by molar-refractivity contribution is 0.0967. The van der Waals surface area contributed by atoms with Crippen LogP contribution in [0.1, 0.15) is 62.2 Å². The number of rotatable bonds is 8. The molecule has 0 spiro atoms. The van der Waals surface area contributed by atoms with Gasteiger partial charge in [0.2, 0.25) is 0 Å². The largest absolute Gasteiger partial charge is 0.322 e. The third-order valence-electron chi connectivity index (χ3n) is 4.96. The number of carbonyl (C=O) groups is 4. The van der Waals surface area contributed by atoms with Gasteiger partial charge in [-0.05, 0) is 69.3 Å². The molecule has 0 aliphatic rings. The minimum atomic E-state index is -3.82. The zero-order valence-electron chi connectivity index (χ0n) is 18.7. The summed E-state index contributed by atoms with van der Waals surface area (Å²) in [6, 6.07) is 16.4. The molecule has 3 rings (SSSR count). The number of sulfonamides is 1. The Labute approximate surface area is 197 Å². The molecule has 0 fully saturated rings. The van der Waals surface area contributed by atoms with Crippen LogP contribution >= 0.6 is 0 Å². The quantitative estimate of drug-likeness (QED) is 0.464. The van der Waals surface area contributed by atoms with Crippen molar-refractivity contribution in [1.29, 1.82) is 0 Å². The van der Waals surface area contributed by atoms with Crippen molar-refractivity contribution in [3.8, 4) is 0 Å². The van der Waals surface area contributed by atoms with Gasteiger partial charge < -0.3 is 5.32 Å². The standard InChI is InChI=1S/C25H22N2O6S/c1-15(28)22-13-18(14-23(16(2)29)24(22)17(3)30)25(31)26-19-9-11-21(12-10-19)34(32,33)27-20-7-5-4-6-8-20/h4-14,27H,1-3H3,(H,26,31). The fraction of sp³-hybridized carbons (Fsp3) is 0.120. The van der Waals surface area contributed by atoms with Gasteiger partial charge >= 0.3 is 0 Å². The molecule has 9 heteroatoms. The molecule has 174 valence electrons. The van der Waals surface area contributed by atoms with E-state index < -0.39 is 33.3 Å². The van der Waals surface area contributed by atoms with Crippen LogP contribution in [0.15, 0.2) is 71.6 Å². The number of nitrogens with one attached hydrogen (secondary N) is 2. The van der Waals surface area contributed by atoms with Gasteiger partial charge in [0.25, 0.3) is 15.9 Å². The van der Waals surface area contributed by atoms with E-state index in [9.17, 15) is 27.6 Å². The highest BCUT2D eigenvalue weighted by molar-refractivity contribution is 7.92. The van der Waals surface area contributed by atoms with E-state index in [2.05, 4.69) is 10.0 Å². The molecule has 0 unspecified atom stereocenters. The van der Waals surface area contributed by atoms with Gasteiger partial charge in [-0.25, -0.2) is 8.42 Å². The van der Waals surface area contributed by atoms with Gasteiger partial charge in [-0.15, -0.1) is 0 Å². The highest BCUT2D eigenvalue weighted by atomic mass is 32.2. The summed E-state index contributed by atoms with van der Waals surface area (Å²) in [5.74, 6) is -1.99. The summed E-state index contributed by atoms with van der Waals surface area (Å²) < 4.78 is 27.6. The van der Waals surface area contributed by atoms with Gasteiger partial charge in [0.1, 0.15) is 0 Å². The summed E-state index contributed by atoms with van der Waals surface area (Å²) >= 11 is 0. The molecule has 0 saturated carbocycles. The molecule has 34 heavy (non-hydrogen) atoms. The predicted octanol–water partition coefficient (Wildman–Crippen LogP) is 4.35. The van der Waals surface area contributed by atoms with Gasteiger partial charge in [-0.1, -0.05) is 18.2 Å². The summed E-state index contributed by atoms with van der Waals surface area (Å²) in [4.78, 5) is 49.0. The highest BCUT2D eigenvalue weighted by Crippen LogP contribution is 2.23. The Bertz CT molecular complexity index is 1360. The molecule has 0 aliphatic carbocycles. The van der Waals surface area contributed by atoms with Crippen LogP contribution in [0.3, 0.4) is 0 Å². The Balaban J connectivity index is 1.87. The number of anilines is 2. The number of hydrogen-bond acceptors (Lipinski definition) is 6. The lowest BCUT2D eigenvalue weighted by Gasteiger charge is -2.13. The topological polar surface area (TPSA) is 126 Å². The van der Waals surface area contributed by atoms with E-state index in [4.69, 9.17) is 0 Å². The predicted molar refractivity (Wildman–Crippen MR) is 128 cm³/mol. The molecule has 0 aromatic heterocycles. The molecule has 0 radical (unpaired) electrons. The summed E-state index contributed by atoms with van der Waals surface area (Å²) in [5, 5.41) is 2.61. The van der Waals surface area contributed by atoms with E-state index >= 15 is 0 Å². The number of Topliss-reactive ketones (excluding diaryl/α,β-unsaturated/α-hetero) is 3. The molecule has 0 atom stereocenters. The van der Waals surface area contributed by atoms with Crippen molar-refractivity contribution in [3.05, 3.63) is 89.0 Å². The second-order valence-corrected chi connectivity index (χ2v) is 9.25. The highest BCUT2D eigenvalue weighted by Gasteiger charge is 2.22. The molecule has 8 nitrogen and oxygen atoms in total. The third-order valence-corrected chi connectivity index (χ3v) is 6.36. The normalized spacial score (nSPS) is 10.9. The van der Waals surface area contributed by atoms with E-state index in [-0.39, 0.29) is 27.1 Å². The zero-order chi connectivity index (χ0) is 25.0. The first kappa shape index (κ1) is 24.5. The molecule has 0 heterocycles. The molecular weight excluding hydrogens is 456 g/mol. The second-order valence-electron chi connectivity index (χ2n) is 7.56. The fourth-order valence-corrected chi connectivity index (χ4v) is 4.41. The van der Waals surface area contributed by atoms with Gasteiger partial charge in [0.15, 0.2) is 17.3 Å². The van der Waals surface area contributed by atoms with Crippen LogP contribution in [0, 0.1) is 0 Å². The Morgan fingerprint density at radius 3 is 1.68 bits per heavy atom. The maximum Gasteiger partial charge on any atom is 0.261 e. The SMILES string of the molecule is CC(=O)c1cc(C(=O)Nc2ccc(S(=O)(=O)Nc3ccccc3)cc2)cc(C(C)=O)c1C(C)=O. The maximum absolute atomic E-state index is 12.8. The summed E-state index contributed by atoms with van der Waals surface area (Å²) in [6.07, 6.45) is 0. The Morgan fingerprint density at radius 1 is 0.676 bits per heavy atom. The van der Waals surface area contributed by atoms with E-state index in [1.807, 2.05) is 0 Å². The molecule has 3 aromatic carbocycles. The molecule has 1 amide bonds. The van der Waals surface area contributed by atoms with Crippen LogP contribution in [-0.4, -0.2) is 31.7 Å². The minimum Gasteiger partial charge on any atom is -0.322 e. The van der Waals surface area contributed by atoms with Crippen molar-refractivity contribution in [1.82, 2.24) is 0 Å². The second kappa shape index (κ2) is 9.80. The van der Waals surface area contributed by atoms with E-state index in [0.29, 0.717) is 11.4 Å². The average molecular weight is 479 g/mol. The molecule has 0 aliphatic heterocycles. The van der Waals surface area contributed by atoms with Crippen LogP contribution in [-0.2, 0) is 10.0 Å². The van der Waals surface area contributed by atoms with Gasteiger partial charge in [-0.3, -0.25) is 23.9 Å². The lowest BCUT2D eigenvalue weighted by Crippen LogP contribution is -2.18. The Hall–Kier alpha value is -4.11. The number of benzene rings is 3.